The largest absolute Gasteiger partial charge is 0.480 e. The summed E-state index contributed by atoms with van der Waals surface area (Å²) in [6.07, 6.45) is -0.108. The molecule has 0 bridgehead atoms. The van der Waals surface area contributed by atoms with E-state index in [1.54, 1.807) is 24.3 Å². The van der Waals surface area contributed by atoms with E-state index in [9.17, 15) is 14.4 Å². The van der Waals surface area contributed by atoms with Gasteiger partial charge in [0.2, 0.25) is 11.8 Å². The lowest BCUT2D eigenvalue weighted by Gasteiger charge is -2.04. The minimum absolute atomic E-state index is 0.108. The van der Waals surface area contributed by atoms with Crippen LogP contribution in [0.4, 0.5) is 5.69 Å². The van der Waals surface area contributed by atoms with E-state index in [0.717, 1.165) is 11.8 Å². The standard InChI is InChI=1S/C13H12ClN3O4S/c14-7-1-3-8(4-2-7)16-13-17-12(21)9(22-13)5-10(18)15-6-11(19)20/h1-4,9H,5-6H2,(H,15,18)(H,19,20)(H,16,17,21). The van der Waals surface area contributed by atoms with Crippen LogP contribution in [0.15, 0.2) is 29.3 Å². The quantitative estimate of drug-likeness (QED) is 0.744. The van der Waals surface area contributed by atoms with Crippen LogP contribution in [0.5, 0.6) is 0 Å². The average Bonchev–Trinajstić information content (AvgIpc) is 2.79. The summed E-state index contributed by atoms with van der Waals surface area (Å²) in [5.41, 5.74) is 0.628. The highest BCUT2D eigenvalue weighted by Crippen LogP contribution is 2.25. The molecule has 2 amide bonds. The van der Waals surface area contributed by atoms with Crippen LogP contribution in [-0.2, 0) is 14.4 Å². The first-order chi connectivity index (χ1) is 10.4. The Morgan fingerprint density at radius 3 is 2.68 bits per heavy atom. The summed E-state index contributed by atoms with van der Waals surface area (Å²) in [5, 5.41) is 13.6. The molecule has 1 atom stereocenters. The van der Waals surface area contributed by atoms with Gasteiger partial charge in [0.05, 0.1) is 5.69 Å². The highest BCUT2D eigenvalue weighted by atomic mass is 35.5. The first-order valence-corrected chi connectivity index (χ1v) is 7.50. The zero-order chi connectivity index (χ0) is 16.1. The Labute approximate surface area is 135 Å². The van der Waals surface area contributed by atoms with Crippen molar-refractivity contribution in [3.63, 3.8) is 0 Å². The zero-order valence-corrected chi connectivity index (χ0v) is 12.8. The van der Waals surface area contributed by atoms with E-state index in [-0.39, 0.29) is 12.3 Å². The van der Waals surface area contributed by atoms with Crippen molar-refractivity contribution in [3.8, 4) is 0 Å². The highest BCUT2D eigenvalue weighted by Gasteiger charge is 2.32. The number of hydrogen-bond donors (Lipinski definition) is 3. The summed E-state index contributed by atoms with van der Waals surface area (Å²) in [7, 11) is 0. The number of rotatable bonds is 5. The van der Waals surface area contributed by atoms with Crippen molar-refractivity contribution < 1.29 is 19.5 Å². The number of aliphatic carboxylic acids is 1. The Bertz CT molecular complexity index is 633. The molecular formula is C13H12ClN3O4S. The van der Waals surface area contributed by atoms with Crippen LogP contribution in [0.1, 0.15) is 6.42 Å². The normalized spacial score (nSPS) is 19.0. The number of thioether (sulfide) groups is 1. The average molecular weight is 342 g/mol. The van der Waals surface area contributed by atoms with Crippen LogP contribution in [0.25, 0.3) is 0 Å². The number of nitrogens with one attached hydrogen (secondary N) is 2. The monoisotopic (exact) mass is 341 g/mol. The number of carboxylic acid groups (broad SMARTS) is 1. The molecule has 0 aliphatic carbocycles. The SMILES string of the molecule is O=C(O)CNC(=O)CC1SC(=Nc2ccc(Cl)cc2)NC1=O. The van der Waals surface area contributed by atoms with Crippen molar-refractivity contribution in [2.75, 3.05) is 6.54 Å². The Balaban J connectivity index is 1.94. The van der Waals surface area contributed by atoms with Crippen molar-refractivity contribution in [3.05, 3.63) is 29.3 Å². The molecule has 1 saturated heterocycles. The number of amidine groups is 1. The smallest absolute Gasteiger partial charge is 0.322 e. The van der Waals surface area contributed by atoms with Crippen molar-refractivity contribution in [1.29, 1.82) is 0 Å². The lowest BCUT2D eigenvalue weighted by Crippen LogP contribution is -2.33. The summed E-state index contributed by atoms with van der Waals surface area (Å²) >= 11 is 6.90. The van der Waals surface area contributed by atoms with Gasteiger partial charge in [0.15, 0.2) is 5.17 Å². The maximum atomic E-state index is 11.8. The van der Waals surface area contributed by atoms with E-state index in [1.165, 1.54) is 0 Å². The number of hydrogen-bond acceptors (Lipinski definition) is 5. The number of amides is 2. The molecule has 0 spiro atoms. The Morgan fingerprint density at radius 1 is 1.36 bits per heavy atom. The molecule has 3 N–H and O–H groups in total. The second-order valence-corrected chi connectivity index (χ2v) is 5.99. The van der Waals surface area contributed by atoms with Crippen LogP contribution >= 0.6 is 23.4 Å². The predicted molar refractivity (Wildman–Crippen MR) is 83.3 cm³/mol. The number of carboxylic acids is 1. The van der Waals surface area contributed by atoms with Gasteiger partial charge >= 0.3 is 5.97 Å². The second kappa shape index (κ2) is 7.28. The molecule has 7 nitrogen and oxygen atoms in total. The van der Waals surface area contributed by atoms with Gasteiger partial charge in [-0.05, 0) is 24.3 Å². The van der Waals surface area contributed by atoms with Gasteiger partial charge in [0, 0.05) is 11.4 Å². The molecule has 1 aliphatic heterocycles. The minimum Gasteiger partial charge on any atom is -0.480 e. The molecule has 9 heteroatoms. The third-order valence-corrected chi connectivity index (χ3v) is 3.98. The number of carbonyl (C=O) groups excluding carboxylic acids is 2. The number of nitrogens with zero attached hydrogens (tertiary/aromatic N) is 1. The third kappa shape index (κ3) is 4.74. The molecule has 1 aliphatic rings. The number of aliphatic imine (C=N–C) groups is 1. The first kappa shape index (κ1) is 16.3. The van der Waals surface area contributed by atoms with Gasteiger partial charge in [-0.15, -0.1) is 0 Å². The van der Waals surface area contributed by atoms with Gasteiger partial charge in [0.1, 0.15) is 11.8 Å². The van der Waals surface area contributed by atoms with Crippen LogP contribution in [-0.4, -0.2) is 39.9 Å². The predicted octanol–water partition coefficient (Wildman–Crippen LogP) is 1.15. The fourth-order valence-corrected chi connectivity index (χ4v) is 2.75. The molecule has 0 radical (unpaired) electrons. The van der Waals surface area contributed by atoms with Gasteiger partial charge in [-0.3, -0.25) is 14.4 Å². The minimum atomic E-state index is -1.14. The molecule has 1 heterocycles. The zero-order valence-electron chi connectivity index (χ0n) is 11.2. The molecule has 1 fully saturated rings. The van der Waals surface area contributed by atoms with E-state index in [0.29, 0.717) is 15.9 Å². The fourth-order valence-electron chi connectivity index (χ4n) is 1.64. The van der Waals surface area contributed by atoms with Gasteiger partial charge in [0.25, 0.3) is 0 Å². The van der Waals surface area contributed by atoms with Gasteiger partial charge in [-0.2, -0.15) is 0 Å². The van der Waals surface area contributed by atoms with Crippen LogP contribution < -0.4 is 10.6 Å². The number of carbonyl (C=O) groups is 3. The maximum Gasteiger partial charge on any atom is 0.322 e. The first-order valence-electron chi connectivity index (χ1n) is 6.24. The van der Waals surface area contributed by atoms with Crippen LogP contribution in [0, 0.1) is 0 Å². The molecular weight excluding hydrogens is 330 g/mol. The Kier molecular flexibility index (Phi) is 5.40. The van der Waals surface area contributed by atoms with Gasteiger partial charge in [-0.1, -0.05) is 23.4 Å². The summed E-state index contributed by atoms with van der Waals surface area (Å²) in [6.45, 7) is -0.469. The van der Waals surface area contributed by atoms with Crippen molar-refractivity contribution in [2.24, 2.45) is 4.99 Å². The number of halogens is 1. The lowest BCUT2D eigenvalue weighted by atomic mass is 10.2. The summed E-state index contributed by atoms with van der Waals surface area (Å²) < 4.78 is 0. The van der Waals surface area contributed by atoms with Crippen LogP contribution in [0.2, 0.25) is 5.02 Å². The summed E-state index contributed by atoms with van der Waals surface area (Å²) in [5.74, 6) is -1.96. The van der Waals surface area contributed by atoms with E-state index in [1.807, 2.05) is 0 Å². The van der Waals surface area contributed by atoms with E-state index >= 15 is 0 Å². The van der Waals surface area contributed by atoms with Crippen molar-refractivity contribution >= 4 is 52.0 Å². The Hall–Kier alpha value is -2.06. The van der Waals surface area contributed by atoms with Crippen LogP contribution in [0.3, 0.4) is 0 Å². The molecule has 22 heavy (non-hydrogen) atoms. The van der Waals surface area contributed by atoms with E-state index in [4.69, 9.17) is 16.7 Å². The van der Waals surface area contributed by atoms with Gasteiger partial charge in [-0.25, -0.2) is 4.99 Å². The van der Waals surface area contributed by atoms with Gasteiger partial charge < -0.3 is 15.7 Å². The van der Waals surface area contributed by atoms with E-state index < -0.39 is 23.7 Å². The Morgan fingerprint density at radius 2 is 2.05 bits per heavy atom. The molecule has 1 unspecified atom stereocenters. The summed E-state index contributed by atoms with van der Waals surface area (Å²) in [6, 6.07) is 6.77. The third-order valence-electron chi connectivity index (χ3n) is 2.64. The lowest BCUT2D eigenvalue weighted by molar-refractivity contribution is -0.137. The molecule has 116 valence electrons. The van der Waals surface area contributed by atoms with E-state index in [2.05, 4.69) is 15.6 Å². The molecule has 0 aromatic heterocycles. The molecule has 0 saturated carbocycles. The fraction of sp³-hybridized carbons (Fsp3) is 0.231. The number of benzene rings is 1. The molecule has 2 rings (SSSR count). The maximum absolute atomic E-state index is 11.8. The summed E-state index contributed by atoms with van der Waals surface area (Å²) in [4.78, 5) is 37.9. The second-order valence-electron chi connectivity index (χ2n) is 4.36. The van der Waals surface area contributed by atoms with Crippen molar-refractivity contribution in [1.82, 2.24) is 10.6 Å². The molecule has 1 aromatic rings. The van der Waals surface area contributed by atoms with Crippen molar-refractivity contribution in [2.45, 2.75) is 11.7 Å². The highest BCUT2D eigenvalue weighted by molar-refractivity contribution is 8.15. The molecule has 1 aromatic carbocycles. The topological polar surface area (TPSA) is 108 Å².